The summed E-state index contributed by atoms with van der Waals surface area (Å²) in [6.07, 6.45) is -1.21. The highest BCUT2D eigenvalue weighted by Gasteiger charge is 2.40. The quantitative estimate of drug-likeness (QED) is 0.730. The maximum Gasteiger partial charge on any atom is 0.410 e. The summed E-state index contributed by atoms with van der Waals surface area (Å²) in [6.45, 7) is 1.67. The van der Waals surface area contributed by atoms with Gasteiger partial charge >= 0.3 is 18.0 Å². The molecule has 0 spiro atoms. The zero-order valence-electron chi connectivity index (χ0n) is 14.9. The molecule has 1 aliphatic heterocycles. The second-order valence-electron chi connectivity index (χ2n) is 6.23. The number of rotatable bonds is 7. The van der Waals surface area contributed by atoms with Crippen molar-refractivity contribution in [3.8, 4) is 0 Å². The highest BCUT2D eigenvalue weighted by molar-refractivity contribution is 5.90. The monoisotopic (exact) mass is 378 g/mol. The SMILES string of the molecule is C[C@H]1C(=O)N([C@H](CCC(=O)O)C(=O)O)CCN1C(=O)OCc1ccccc1. The van der Waals surface area contributed by atoms with Crippen molar-refractivity contribution in [3.63, 3.8) is 0 Å². The van der Waals surface area contributed by atoms with Crippen LogP contribution < -0.4 is 0 Å². The molecule has 1 heterocycles. The maximum atomic E-state index is 12.6. The summed E-state index contributed by atoms with van der Waals surface area (Å²) >= 11 is 0. The van der Waals surface area contributed by atoms with Gasteiger partial charge in [-0.15, -0.1) is 0 Å². The number of aliphatic carboxylic acids is 2. The second kappa shape index (κ2) is 9.02. The molecule has 1 saturated heterocycles. The second-order valence-corrected chi connectivity index (χ2v) is 6.23. The van der Waals surface area contributed by atoms with Crippen LogP contribution in [-0.4, -0.2) is 69.1 Å². The average molecular weight is 378 g/mol. The normalized spacial score (nSPS) is 18.1. The summed E-state index contributed by atoms with van der Waals surface area (Å²) < 4.78 is 5.23. The van der Waals surface area contributed by atoms with Crippen molar-refractivity contribution >= 4 is 23.9 Å². The van der Waals surface area contributed by atoms with E-state index in [0.717, 1.165) is 10.5 Å². The van der Waals surface area contributed by atoms with Crippen LogP contribution in [0.25, 0.3) is 0 Å². The van der Waals surface area contributed by atoms with Crippen LogP contribution in [0.4, 0.5) is 4.79 Å². The Labute approximate surface area is 156 Å². The van der Waals surface area contributed by atoms with Crippen molar-refractivity contribution in [2.24, 2.45) is 0 Å². The van der Waals surface area contributed by atoms with E-state index in [0.29, 0.717) is 0 Å². The van der Waals surface area contributed by atoms with Crippen LogP contribution in [0, 0.1) is 0 Å². The van der Waals surface area contributed by atoms with Crippen LogP contribution >= 0.6 is 0 Å². The standard InChI is InChI=1S/C18H22N2O7/c1-12-16(23)20(14(17(24)25)7-8-15(21)22)10-9-19(12)18(26)27-11-13-5-3-2-4-6-13/h2-6,12,14H,7-11H2,1H3,(H,21,22)(H,24,25)/t12-,14+/m0/s1. The molecule has 1 fully saturated rings. The minimum Gasteiger partial charge on any atom is -0.481 e. The van der Waals surface area contributed by atoms with Crippen molar-refractivity contribution in [3.05, 3.63) is 35.9 Å². The van der Waals surface area contributed by atoms with E-state index >= 15 is 0 Å². The van der Waals surface area contributed by atoms with Crippen molar-refractivity contribution in [2.75, 3.05) is 13.1 Å². The third kappa shape index (κ3) is 5.19. The fourth-order valence-electron chi connectivity index (χ4n) is 2.93. The predicted molar refractivity (Wildman–Crippen MR) is 92.8 cm³/mol. The molecule has 2 atom stereocenters. The number of hydrogen-bond acceptors (Lipinski definition) is 5. The molecule has 27 heavy (non-hydrogen) atoms. The van der Waals surface area contributed by atoms with Crippen molar-refractivity contribution in [1.82, 2.24) is 9.80 Å². The van der Waals surface area contributed by atoms with Crippen LogP contribution in [0.15, 0.2) is 30.3 Å². The number of ether oxygens (including phenoxy) is 1. The minimum atomic E-state index is -1.27. The number of carboxylic acids is 2. The summed E-state index contributed by atoms with van der Waals surface area (Å²) in [4.78, 5) is 49.4. The number of amides is 2. The molecule has 2 N–H and O–H groups in total. The summed E-state index contributed by atoms with van der Waals surface area (Å²) in [6, 6.07) is 6.95. The zero-order chi connectivity index (χ0) is 20.0. The highest BCUT2D eigenvalue weighted by Crippen LogP contribution is 2.18. The number of hydrogen-bond donors (Lipinski definition) is 2. The molecule has 2 amide bonds. The molecule has 9 heteroatoms. The van der Waals surface area contributed by atoms with E-state index in [4.69, 9.17) is 9.84 Å². The fraction of sp³-hybridized carbons (Fsp3) is 0.444. The van der Waals surface area contributed by atoms with Gasteiger partial charge in [-0.05, 0) is 18.9 Å². The van der Waals surface area contributed by atoms with Gasteiger partial charge in [0.1, 0.15) is 18.7 Å². The fourth-order valence-corrected chi connectivity index (χ4v) is 2.93. The van der Waals surface area contributed by atoms with E-state index in [-0.39, 0.29) is 32.5 Å². The van der Waals surface area contributed by atoms with E-state index in [2.05, 4.69) is 0 Å². The topological polar surface area (TPSA) is 124 Å². The minimum absolute atomic E-state index is 0.000194. The summed E-state index contributed by atoms with van der Waals surface area (Å²) in [7, 11) is 0. The number of nitrogens with zero attached hydrogens (tertiary/aromatic N) is 2. The number of carboxylic acid groups (broad SMARTS) is 2. The molecule has 0 unspecified atom stereocenters. The van der Waals surface area contributed by atoms with Gasteiger partial charge in [0.15, 0.2) is 0 Å². The average Bonchev–Trinajstić information content (AvgIpc) is 2.63. The van der Waals surface area contributed by atoms with Crippen molar-refractivity contribution in [2.45, 2.75) is 38.5 Å². The first-order chi connectivity index (χ1) is 12.8. The van der Waals surface area contributed by atoms with Gasteiger partial charge in [0, 0.05) is 19.5 Å². The molecule has 0 aliphatic carbocycles. The number of carbonyl (C=O) groups is 4. The molecule has 1 aliphatic rings. The van der Waals surface area contributed by atoms with Crippen LogP contribution in [0.3, 0.4) is 0 Å². The summed E-state index contributed by atoms with van der Waals surface area (Å²) in [5.74, 6) is -2.95. The lowest BCUT2D eigenvalue weighted by Crippen LogP contribution is -2.61. The van der Waals surface area contributed by atoms with E-state index in [1.54, 1.807) is 12.1 Å². The number of carbonyl (C=O) groups excluding carboxylic acids is 2. The van der Waals surface area contributed by atoms with E-state index in [1.807, 2.05) is 18.2 Å². The largest absolute Gasteiger partial charge is 0.481 e. The van der Waals surface area contributed by atoms with E-state index in [1.165, 1.54) is 11.8 Å². The molecule has 0 aromatic heterocycles. The number of benzene rings is 1. The van der Waals surface area contributed by atoms with Crippen LogP contribution in [0.2, 0.25) is 0 Å². The van der Waals surface area contributed by atoms with Crippen LogP contribution in [-0.2, 0) is 25.7 Å². The Kier molecular flexibility index (Phi) is 6.75. The molecule has 9 nitrogen and oxygen atoms in total. The lowest BCUT2D eigenvalue weighted by Gasteiger charge is -2.40. The molecule has 2 rings (SSSR count). The van der Waals surface area contributed by atoms with Gasteiger partial charge in [-0.3, -0.25) is 14.5 Å². The first kappa shape index (κ1) is 20.2. The third-order valence-electron chi connectivity index (χ3n) is 4.42. The van der Waals surface area contributed by atoms with Gasteiger partial charge in [0.05, 0.1) is 0 Å². The maximum absolute atomic E-state index is 12.6. The molecule has 1 aromatic carbocycles. The molecular formula is C18H22N2O7. The first-order valence-corrected chi connectivity index (χ1v) is 8.53. The molecule has 146 valence electrons. The summed E-state index contributed by atoms with van der Waals surface area (Å²) in [5.41, 5.74) is 0.808. The lowest BCUT2D eigenvalue weighted by molar-refractivity contribution is -0.156. The predicted octanol–water partition coefficient (Wildman–Crippen LogP) is 1.17. The first-order valence-electron chi connectivity index (χ1n) is 8.53. The zero-order valence-corrected chi connectivity index (χ0v) is 14.9. The third-order valence-corrected chi connectivity index (χ3v) is 4.42. The smallest absolute Gasteiger partial charge is 0.410 e. The molecule has 0 saturated carbocycles. The van der Waals surface area contributed by atoms with Gasteiger partial charge in [-0.2, -0.15) is 0 Å². The Balaban J connectivity index is 1.98. The van der Waals surface area contributed by atoms with Gasteiger partial charge in [0.25, 0.3) is 0 Å². The highest BCUT2D eigenvalue weighted by atomic mass is 16.6. The van der Waals surface area contributed by atoms with E-state index < -0.39 is 36.0 Å². The molecule has 1 aromatic rings. The molecule has 0 bridgehead atoms. The van der Waals surface area contributed by atoms with E-state index in [9.17, 15) is 24.3 Å². The Morgan fingerprint density at radius 1 is 1.19 bits per heavy atom. The van der Waals surface area contributed by atoms with Crippen LogP contribution in [0.1, 0.15) is 25.3 Å². The summed E-state index contributed by atoms with van der Waals surface area (Å²) in [5, 5.41) is 18.1. The Morgan fingerprint density at radius 2 is 1.85 bits per heavy atom. The van der Waals surface area contributed by atoms with Crippen molar-refractivity contribution in [1.29, 1.82) is 0 Å². The van der Waals surface area contributed by atoms with Gasteiger partial charge in [0.2, 0.25) is 5.91 Å². The lowest BCUT2D eigenvalue weighted by atomic mass is 10.1. The van der Waals surface area contributed by atoms with Gasteiger partial charge < -0.3 is 19.8 Å². The van der Waals surface area contributed by atoms with Crippen molar-refractivity contribution < 1.29 is 34.1 Å². The van der Waals surface area contributed by atoms with Gasteiger partial charge in [-0.25, -0.2) is 9.59 Å². The Bertz CT molecular complexity index is 707. The Hall–Kier alpha value is -3.10. The Morgan fingerprint density at radius 3 is 2.44 bits per heavy atom. The molecular weight excluding hydrogens is 356 g/mol. The van der Waals surface area contributed by atoms with Crippen LogP contribution in [0.5, 0.6) is 0 Å². The molecule has 0 radical (unpaired) electrons. The van der Waals surface area contributed by atoms with Gasteiger partial charge in [-0.1, -0.05) is 30.3 Å². The number of piperazine rings is 1.